The number of aromatic nitrogens is 2. The third-order valence-corrected chi connectivity index (χ3v) is 5.29. The third kappa shape index (κ3) is 3.33. The summed E-state index contributed by atoms with van der Waals surface area (Å²) in [5.41, 5.74) is 2.76. The molecule has 0 unspecified atom stereocenters. The molecule has 0 amide bonds. The Morgan fingerprint density at radius 2 is 1.96 bits per heavy atom. The zero-order valence-electron chi connectivity index (χ0n) is 12.7. The Balaban J connectivity index is 1.87. The molecule has 3 aromatic rings. The smallest absolute Gasteiger partial charge is 0.236 e. The van der Waals surface area contributed by atoms with Crippen LogP contribution in [0.3, 0.4) is 0 Å². The number of hydrogen-bond donors (Lipinski definition) is 1. The molecule has 1 N–H and O–H groups in total. The highest BCUT2D eigenvalue weighted by atomic mass is 35.5. The molecular formula is C16H16ClN3O2S. The molecule has 23 heavy (non-hydrogen) atoms. The fourth-order valence-corrected chi connectivity index (χ4v) is 3.92. The monoisotopic (exact) mass is 349 g/mol. The standard InChI is InChI=1S/C16H16ClN3O2S/c1-11-18-15-9-13(7-8-16(15)20(11)2)19-23(21,22)10-12-5-3-4-6-14(12)17/h3-9,19H,10H2,1-2H3. The van der Waals surface area contributed by atoms with Crippen molar-refractivity contribution in [3.05, 3.63) is 58.9 Å². The van der Waals surface area contributed by atoms with E-state index in [1.807, 2.05) is 24.6 Å². The van der Waals surface area contributed by atoms with Gasteiger partial charge in [0, 0.05) is 12.1 Å². The van der Waals surface area contributed by atoms with E-state index in [4.69, 9.17) is 11.6 Å². The maximum atomic E-state index is 12.3. The fourth-order valence-electron chi connectivity index (χ4n) is 2.42. The SMILES string of the molecule is Cc1nc2cc(NS(=O)(=O)Cc3ccccc3Cl)ccc2n1C. The van der Waals surface area contributed by atoms with Crippen LogP contribution < -0.4 is 4.72 Å². The summed E-state index contributed by atoms with van der Waals surface area (Å²) in [6.45, 7) is 1.90. The van der Waals surface area contributed by atoms with E-state index in [-0.39, 0.29) is 5.75 Å². The maximum absolute atomic E-state index is 12.3. The topological polar surface area (TPSA) is 64.0 Å². The van der Waals surface area contributed by atoms with Crippen LogP contribution in [0.15, 0.2) is 42.5 Å². The van der Waals surface area contributed by atoms with Crippen molar-refractivity contribution >= 4 is 38.3 Å². The average Bonchev–Trinajstić information content (AvgIpc) is 2.75. The van der Waals surface area contributed by atoms with Gasteiger partial charge in [0.05, 0.1) is 22.5 Å². The first-order valence-corrected chi connectivity index (χ1v) is 9.06. The van der Waals surface area contributed by atoms with E-state index in [1.165, 1.54) is 0 Å². The molecular weight excluding hydrogens is 334 g/mol. The Morgan fingerprint density at radius 3 is 2.70 bits per heavy atom. The number of halogens is 1. The van der Waals surface area contributed by atoms with Gasteiger partial charge in [0.25, 0.3) is 0 Å². The molecule has 0 aliphatic rings. The molecule has 120 valence electrons. The van der Waals surface area contributed by atoms with Gasteiger partial charge in [0.2, 0.25) is 10.0 Å². The molecule has 3 rings (SSSR count). The predicted molar refractivity (Wildman–Crippen MR) is 93.1 cm³/mol. The summed E-state index contributed by atoms with van der Waals surface area (Å²) in [6.07, 6.45) is 0. The van der Waals surface area contributed by atoms with Gasteiger partial charge in [-0.25, -0.2) is 13.4 Å². The van der Waals surface area contributed by atoms with Gasteiger partial charge in [-0.15, -0.1) is 0 Å². The van der Waals surface area contributed by atoms with Gasteiger partial charge >= 0.3 is 0 Å². The average molecular weight is 350 g/mol. The fraction of sp³-hybridized carbons (Fsp3) is 0.188. The van der Waals surface area contributed by atoms with Crippen molar-refractivity contribution in [2.45, 2.75) is 12.7 Å². The Hall–Kier alpha value is -2.05. The number of nitrogens with one attached hydrogen (secondary N) is 1. The van der Waals surface area contributed by atoms with E-state index < -0.39 is 10.0 Å². The van der Waals surface area contributed by atoms with Gasteiger partial charge in [-0.3, -0.25) is 4.72 Å². The van der Waals surface area contributed by atoms with Crippen molar-refractivity contribution in [2.75, 3.05) is 4.72 Å². The van der Waals surface area contributed by atoms with Gasteiger partial charge in [0.1, 0.15) is 5.82 Å². The zero-order valence-corrected chi connectivity index (χ0v) is 14.3. The quantitative estimate of drug-likeness (QED) is 0.784. The van der Waals surface area contributed by atoms with Gasteiger partial charge in [-0.1, -0.05) is 29.8 Å². The maximum Gasteiger partial charge on any atom is 0.236 e. The van der Waals surface area contributed by atoms with Gasteiger partial charge < -0.3 is 4.57 Å². The lowest BCUT2D eigenvalue weighted by Crippen LogP contribution is -2.15. The Kier molecular flexibility index (Phi) is 4.04. The molecule has 0 radical (unpaired) electrons. The van der Waals surface area contributed by atoms with E-state index in [0.29, 0.717) is 16.3 Å². The molecule has 0 aliphatic carbocycles. The minimum absolute atomic E-state index is 0.175. The van der Waals surface area contributed by atoms with Gasteiger partial charge in [0.15, 0.2) is 0 Å². The number of nitrogens with zero attached hydrogens (tertiary/aromatic N) is 2. The van der Waals surface area contributed by atoms with Crippen molar-refractivity contribution in [2.24, 2.45) is 7.05 Å². The summed E-state index contributed by atoms with van der Waals surface area (Å²) in [6, 6.07) is 12.2. The summed E-state index contributed by atoms with van der Waals surface area (Å²) in [5, 5.41) is 0.439. The second-order valence-corrected chi connectivity index (χ2v) is 7.50. The lowest BCUT2D eigenvalue weighted by molar-refractivity contribution is 0.600. The van der Waals surface area contributed by atoms with Crippen molar-refractivity contribution in [1.82, 2.24) is 9.55 Å². The Bertz CT molecular complexity index is 980. The summed E-state index contributed by atoms with van der Waals surface area (Å²) in [7, 11) is -1.63. The van der Waals surface area contributed by atoms with Crippen LogP contribution in [0.1, 0.15) is 11.4 Å². The molecule has 0 saturated heterocycles. The molecule has 2 aromatic carbocycles. The minimum Gasteiger partial charge on any atom is -0.331 e. The molecule has 5 nitrogen and oxygen atoms in total. The molecule has 0 bridgehead atoms. The lowest BCUT2D eigenvalue weighted by Gasteiger charge is -2.09. The van der Waals surface area contributed by atoms with Crippen LogP contribution in [0, 0.1) is 6.92 Å². The van der Waals surface area contributed by atoms with Gasteiger partial charge in [-0.05, 0) is 36.8 Å². The first-order chi connectivity index (χ1) is 10.9. The number of rotatable bonds is 4. The Morgan fingerprint density at radius 1 is 1.22 bits per heavy atom. The first kappa shape index (κ1) is 15.8. The van der Waals surface area contributed by atoms with Crippen molar-refractivity contribution in [1.29, 1.82) is 0 Å². The molecule has 1 heterocycles. The second-order valence-electron chi connectivity index (χ2n) is 5.37. The summed E-state index contributed by atoms with van der Waals surface area (Å²) in [4.78, 5) is 4.41. The molecule has 1 aromatic heterocycles. The first-order valence-electron chi connectivity index (χ1n) is 7.03. The molecule has 0 aliphatic heterocycles. The van der Waals surface area contributed by atoms with Crippen LogP contribution in [0.5, 0.6) is 0 Å². The number of imidazole rings is 1. The number of fused-ring (bicyclic) bond motifs is 1. The van der Waals surface area contributed by atoms with Crippen LogP contribution in [0.4, 0.5) is 5.69 Å². The van der Waals surface area contributed by atoms with Gasteiger partial charge in [-0.2, -0.15) is 0 Å². The number of hydrogen-bond acceptors (Lipinski definition) is 3. The Labute approximate surface area is 140 Å². The molecule has 0 spiro atoms. The van der Waals surface area contributed by atoms with E-state index in [2.05, 4.69) is 9.71 Å². The largest absolute Gasteiger partial charge is 0.331 e. The minimum atomic E-state index is -3.55. The number of sulfonamides is 1. The summed E-state index contributed by atoms with van der Waals surface area (Å²) < 4.78 is 29.2. The van der Waals surface area contributed by atoms with Crippen LogP contribution >= 0.6 is 11.6 Å². The highest BCUT2D eigenvalue weighted by molar-refractivity contribution is 7.91. The van der Waals surface area contributed by atoms with Crippen molar-refractivity contribution in [3.8, 4) is 0 Å². The molecule has 0 atom stereocenters. The van der Waals surface area contributed by atoms with E-state index in [9.17, 15) is 8.42 Å². The number of aryl methyl sites for hydroxylation is 2. The van der Waals surface area contributed by atoms with Crippen LogP contribution in [-0.2, 0) is 22.8 Å². The number of benzene rings is 2. The van der Waals surface area contributed by atoms with Crippen molar-refractivity contribution in [3.63, 3.8) is 0 Å². The summed E-state index contributed by atoms with van der Waals surface area (Å²) in [5.74, 6) is 0.697. The van der Waals surface area contributed by atoms with E-state index in [0.717, 1.165) is 16.9 Å². The second kappa shape index (κ2) is 5.86. The highest BCUT2D eigenvalue weighted by Crippen LogP contribution is 2.22. The normalized spacial score (nSPS) is 11.8. The highest BCUT2D eigenvalue weighted by Gasteiger charge is 2.15. The van der Waals surface area contributed by atoms with Crippen LogP contribution in [0.2, 0.25) is 5.02 Å². The van der Waals surface area contributed by atoms with Crippen LogP contribution in [-0.4, -0.2) is 18.0 Å². The van der Waals surface area contributed by atoms with Crippen molar-refractivity contribution < 1.29 is 8.42 Å². The predicted octanol–water partition coefficient (Wildman–Crippen LogP) is 3.48. The van der Waals surface area contributed by atoms with Crippen LogP contribution in [0.25, 0.3) is 11.0 Å². The van der Waals surface area contributed by atoms with E-state index >= 15 is 0 Å². The molecule has 0 saturated carbocycles. The zero-order chi connectivity index (χ0) is 16.6. The molecule has 7 heteroatoms. The summed E-state index contributed by atoms with van der Waals surface area (Å²) >= 11 is 6.03. The van der Waals surface area contributed by atoms with E-state index in [1.54, 1.807) is 36.4 Å². The third-order valence-electron chi connectivity index (χ3n) is 3.68. The lowest BCUT2D eigenvalue weighted by atomic mass is 10.2. The molecule has 0 fully saturated rings. The number of anilines is 1.